The van der Waals surface area contributed by atoms with Crippen LogP contribution < -0.4 is 5.32 Å². The van der Waals surface area contributed by atoms with E-state index in [4.69, 9.17) is 11.6 Å². The molecule has 0 aliphatic carbocycles. The summed E-state index contributed by atoms with van der Waals surface area (Å²) in [6, 6.07) is 9.45. The molecule has 0 saturated heterocycles. The Morgan fingerprint density at radius 3 is 2.33 bits per heavy atom. The summed E-state index contributed by atoms with van der Waals surface area (Å²) in [5.74, 6) is -0.396. The van der Waals surface area contributed by atoms with E-state index in [9.17, 15) is 14.9 Å². The smallest absolute Gasteiger partial charge is 0.270 e. The summed E-state index contributed by atoms with van der Waals surface area (Å²) in [7, 11) is 0. The molecule has 0 unspecified atom stereocenters. The quantitative estimate of drug-likeness (QED) is 0.685. The number of hydrogen-bond donors (Lipinski definition) is 1. The summed E-state index contributed by atoms with van der Waals surface area (Å²) >= 11 is 5.95. The van der Waals surface area contributed by atoms with Crippen LogP contribution in [-0.2, 0) is 0 Å². The zero-order valence-electron chi connectivity index (χ0n) is 11.5. The number of rotatable bonds is 3. The van der Waals surface area contributed by atoms with Crippen molar-refractivity contribution in [1.29, 1.82) is 0 Å². The molecule has 2 aromatic rings. The van der Waals surface area contributed by atoms with Gasteiger partial charge in [-0.15, -0.1) is 0 Å². The predicted molar refractivity (Wildman–Crippen MR) is 82.0 cm³/mol. The van der Waals surface area contributed by atoms with E-state index in [1.807, 2.05) is 32.0 Å². The molecule has 0 fully saturated rings. The van der Waals surface area contributed by atoms with Crippen molar-refractivity contribution in [3.63, 3.8) is 0 Å². The van der Waals surface area contributed by atoms with Crippen LogP contribution in [0.1, 0.15) is 21.5 Å². The van der Waals surface area contributed by atoms with Crippen LogP contribution in [0, 0.1) is 24.0 Å². The number of nitro benzene ring substituents is 1. The van der Waals surface area contributed by atoms with Crippen LogP contribution >= 0.6 is 11.6 Å². The molecule has 0 atom stereocenters. The van der Waals surface area contributed by atoms with Crippen molar-refractivity contribution in [1.82, 2.24) is 0 Å². The van der Waals surface area contributed by atoms with E-state index in [1.165, 1.54) is 18.2 Å². The van der Waals surface area contributed by atoms with Crippen molar-refractivity contribution in [2.75, 3.05) is 5.32 Å². The van der Waals surface area contributed by atoms with Crippen LogP contribution in [-0.4, -0.2) is 10.8 Å². The first-order chi connectivity index (χ1) is 9.90. The summed E-state index contributed by atoms with van der Waals surface area (Å²) in [6.07, 6.45) is 0. The average molecular weight is 305 g/mol. The number of para-hydroxylation sites is 1. The maximum atomic E-state index is 12.3. The summed E-state index contributed by atoms with van der Waals surface area (Å²) < 4.78 is 0. The maximum Gasteiger partial charge on any atom is 0.270 e. The highest BCUT2D eigenvalue weighted by Gasteiger charge is 2.16. The van der Waals surface area contributed by atoms with Gasteiger partial charge < -0.3 is 5.32 Å². The second kappa shape index (κ2) is 5.93. The van der Waals surface area contributed by atoms with Gasteiger partial charge in [0.15, 0.2) is 0 Å². The first-order valence-electron chi connectivity index (χ1n) is 6.21. The number of carbonyl (C=O) groups is 1. The number of carbonyl (C=O) groups excluding carboxylic acids is 1. The third-order valence-electron chi connectivity index (χ3n) is 3.13. The number of benzene rings is 2. The van der Waals surface area contributed by atoms with Crippen molar-refractivity contribution in [3.05, 3.63) is 68.2 Å². The SMILES string of the molecule is Cc1cccc(C)c1NC(=O)c1ccc([N+](=O)[O-])cc1Cl. The van der Waals surface area contributed by atoms with Crippen molar-refractivity contribution in [2.45, 2.75) is 13.8 Å². The van der Waals surface area contributed by atoms with Gasteiger partial charge in [-0.3, -0.25) is 14.9 Å². The Kier molecular flexibility index (Phi) is 4.23. The molecule has 1 amide bonds. The van der Waals surface area contributed by atoms with E-state index < -0.39 is 10.8 Å². The van der Waals surface area contributed by atoms with Crippen LogP contribution in [0.25, 0.3) is 0 Å². The molecule has 108 valence electrons. The molecule has 2 aromatic carbocycles. The van der Waals surface area contributed by atoms with Gasteiger partial charge in [-0.25, -0.2) is 0 Å². The van der Waals surface area contributed by atoms with Crippen LogP contribution in [0.15, 0.2) is 36.4 Å². The number of non-ortho nitro benzene ring substituents is 1. The average Bonchev–Trinajstić information content (AvgIpc) is 2.42. The normalized spacial score (nSPS) is 10.2. The molecule has 0 aromatic heterocycles. The highest BCUT2D eigenvalue weighted by molar-refractivity contribution is 6.34. The van der Waals surface area contributed by atoms with Gasteiger partial charge in [-0.05, 0) is 31.0 Å². The summed E-state index contributed by atoms with van der Waals surface area (Å²) in [5.41, 5.74) is 2.63. The number of anilines is 1. The summed E-state index contributed by atoms with van der Waals surface area (Å²) in [4.78, 5) is 22.4. The molecule has 5 nitrogen and oxygen atoms in total. The summed E-state index contributed by atoms with van der Waals surface area (Å²) in [6.45, 7) is 3.78. The first kappa shape index (κ1) is 15.0. The van der Waals surface area contributed by atoms with Gasteiger partial charge in [0.25, 0.3) is 11.6 Å². The Morgan fingerprint density at radius 2 is 1.81 bits per heavy atom. The van der Waals surface area contributed by atoms with Gasteiger partial charge in [0, 0.05) is 17.8 Å². The fraction of sp³-hybridized carbons (Fsp3) is 0.133. The van der Waals surface area contributed by atoms with E-state index in [2.05, 4.69) is 5.32 Å². The monoisotopic (exact) mass is 304 g/mol. The zero-order valence-corrected chi connectivity index (χ0v) is 12.3. The number of nitro groups is 1. The zero-order chi connectivity index (χ0) is 15.6. The van der Waals surface area contributed by atoms with Crippen molar-refractivity contribution < 1.29 is 9.72 Å². The molecule has 0 saturated carbocycles. The lowest BCUT2D eigenvalue weighted by atomic mass is 10.1. The van der Waals surface area contributed by atoms with E-state index in [-0.39, 0.29) is 16.3 Å². The Labute approximate surface area is 126 Å². The third-order valence-corrected chi connectivity index (χ3v) is 3.44. The second-order valence-electron chi connectivity index (χ2n) is 4.64. The second-order valence-corrected chi connectivity index (χ2v) is 5.05. The minimum Gasteiger partial charge on any atom is -0.321 e. The van der Waals surface area contributed by atoms with Gasteiger partial charge in [0.05, 0.1) is 15.5 Å². The topological polar surface area (TPSA) is 72.2 Å². The van der Waals surface area contributed by atoms with Crippen LogP contribution in [0.5, 0.6) is 0 Å². The Morgan fingerprint density at radius 1 is 1.19 bits per heavy atom. The van der Waals surface area contributed by atoms with Crippen molar-refractivity contribution in [3.8, 4) is 0 Å². The largest absolute Gasteiger partial charge is 0.321 e. The number of nitrogens with one attached hydrogen (secondary N) is 1. The molecular weight excluding hydrogens is 292 g/mol. The molecule has 0 radical (unpaired) electrons. The molecule has 0 heterocycles. The lowest BCUT2D eigenvalue weighted by molar-refractivity contribution is -0.384. The van der Waals surface area contributed by atoms with Crippen LogP contribution in [0.2, 0.25) is 5.02 Å². The van der Waals surface area contributed by atoms with Gasteiger partial charge in [0.2, 0.25) is 0 Å². The minimum absolute atomic E-state index is 0.0490. The van der Waals surface area contributed by atoms with Gasteiger partial charge in [-0.2, -0.15) is 0 Å². The molecule has 0 bridgehead atoms. The Hall–Kier alpha value is -2.40. The van der Waals surface area contributed by atoms with Gasteiger partial charge in [-0.1, -0.05) is 29.8 Å². The lowest BCUT2D eigenvalue weighted by Crippen LogP contribution is -2.14. The fourth-order valence-electron chi connectivity index (χ4n) is 1.99. The van der Waals surface area contributed by atoms with E-state index in [0.29, 0.717) is 0 Å². The number of aryl methyl sites for hydroxylation is 2. The van der Waals surface area contributed by atoms with Gasteiger partial charge in [0.1, 0.15) is 0 Å². The third kappa shape index (κ3) is 3.20. The predicted octanol–water partition coefficient (Wildman–Crippen LogP) is 4.12. The Balaban J connectivity index is 2.31. The highest BCUT2D eigenvalue weighted by atomic mass is 35.5. The van der Waals surface area contributed by atoms with Crippen LogP contribution in [0.3, 0.4) is 0 Å². The number of nitrogens with zero attached hydrogens (tertiary/aromatic N) is 1. The summed E-state index contributed by atoms with van der Waals surface area (Å²) in [5, 5.41) is 13.5. The molecule has 0 aliphatic heterocycles. The molecule has 0 spiro atoms. The molecule has 0 aliphatic rings. The van der Waals surface area contributed by atoms with Crippen molar-refractivity contribution in [2.24, 2.45) is 0 Å². The molecule has 6 heteroatoms. The number of halogens is 1. The Bertz CT molecular complexity index is 709. The number of amides is 1. The molecule has 21 heavy (non-hydrogen) atoms. The van der Waals surface area contributed by atoms with E-state index >= 15 is 0 Å². The maximum absolute atomic E-state index is 12.3. The van der Waals surface area contributed by atoms with Crippen molar-refractivity contribution >= 4 is 28.9 Å². The highest BCUT2D eigenvalue weighted by Crippen LogP contribution is 2.25. The fourth-order valence-corrected chi connectivity index (χ4v) is 2.25. The van der Waals surface area contributed by atoms with Crippen LogP contribution in [0.4, 0.5) is 11.4 Å². The first-order valence-corrected chi connectivity index (χ1v) is 6.59. The van der Waals surface area contributed by atoms with E-state index in [0.717, 1.165) is 16.8 Å². The lowest BCUT2D eigenvalue weighted by Gasteiger charge is -2.12. The molecular formula is C15H13ClN2O3. The standard InChI is InChI=1S/C15H13ClN2O3/c1-9-4-3-5-10(2)14(9)17-15(19)12-7-6-11(18(20)21)8-13(12)16/h3-8H,1-2H3,(H,17,19). The molecule has 1 N–H and O–H groups in total. The minimum atomic E-state index is -0.556. The van der Waals surface area contributed by atoms with Gasteiger partial charge >= 0.3 is 0 Å². The molecule has 2 rings (SSSR count). The number of hydrogen-bond acceptors (Lipinski definition) is 3. The van der Waals surface area contributed by atoms with E-state index in [1.54, 1.807) is 0 Å².